The molecule has 2 aromatic carbocycles. The summed E-state index contributed by atoms with van der Waals surface area (Å²) in [7, 11) is 4.31. The van der Waals surface area contributed by atoms with Gasteiger partial charge in [-0.2, -0.15) is 0 Å². The number of fused-ring (bicyclic) bond motifs is 1. The van der Waals surface area contributed by atoms with E-state index in [0.29, 0.717) is 0 Å². The van der Waals surface area contributed by atoms with Crippen LogP contribution in [0, 0.1) is 0 Å². The quantitative estimate of drug-likeness (QED) is 0.180. The highest BCUT2D eigenvalue weighted by Crippen LogP contribution is 2.45. The molecule has 3 fully saturated rings. The van der Waals surface area contributed by atoms with Gasteiger partial charge in [-0.05, 0) is 25.0 Å². The Balaban J connectivity index is 1.48. The average Bonchev–Trinajstić information content (AvgIpc) is 3.16. The van der Waals surface area contributed by atoms with Gasteiger partial charge in [-0.1, -0.05) is 60.7 Å². The number of carbonyl (C=O) groups is 3. The van der Waals surface area contributed by atoms with E-state index in [9.17, 15) is 14.4 Å². The normalized spacial score (nSPS) is 34.6. The first-order valence-electron chi connectivity index (χ1n) is 18.0. The molecular formula is C39H52O16. The summed E-state index contributed by atoms with van der Waals surface area (Å²) in [4.78, 5) is 36.8. The number of ether oxygens (including phenoxy) is 13. The van der Waals surface area contributed by atoms with Gasteiger partial charge in [0.2, 0.25) is 11.6 Å². The zero-order chi connectivity index (χ0) is 39.8. The lowest BCUT2D eigenvalue weighted by Gasteiger charge is -2.57. The number of methoxy groups -OCH3 is 3. The van der Waals surface area contributed by atoms with Crippen molar-refractivity contribution in [2.45, 2.75) is 121 Å². The highest BCUT2D eigenvalue weighted by atomic mass is 16.8. The van der Waals surface area contributed by atoms with Crippen molar-refractivity contribution < 1.29 is 76.0 Å². The van der Waals surface area contributed by atoms with Gasteiger partial charge in [0.25, 0.3) is 0 Å². The predicted octanol–water partition coefficient (Wildman–Crippen LogP) is 3.21. The number of benzene rings is 2. The second-order valence-electron chi connectivity index (χ2n) is 13.6. The minimum absolute atomic E-state index is 0.0501. The van der Waals surface area contributed by atoms with E-state index >= 15 is 0 Å². The number of esters is 3. The minimum atomic E-state index is -1.42. The van der Waals surface area contributed by atoms with E-state index < -0.39 is 90.9 Å². The molecule has 3 aliphatic rings. The molecule has 12 atom stereocenters. The van der Waals surface area contributed by atoms with Gasteiger partial charge in [0.15, 0.2) is 30.9 Å². The van der Waals surface area contributed by atoms with Crippen LogP contribution < -0.4 is 0 Å². The molecule has 2 aromatic rings. The fourth-order valence-electron chi connectivity index (χ4n) is 6.80. The Morgan fingerprint density at radius 3 is 1.64 bits per heavy atom. The van der Waals surface area contributed by atoms with Gasteiger partial charge < -0.3 is 61.6 Å². The summed E-state index contributed by atoms with van der Waals surface area (Å²) >= 11 is 0. The topological polar surface area (TPSA) is 171 Å². The van der Waals surface area contributed by atoms with E-state index in [0.717, 1.165) is 11.1 Å². The smallest absolute Gasteiger partial charge is 0.303 e. The van der Waals surface area contributed by atoms with Crippen LogP contribution in [-0.2, 0) is 89.2 Å². The van der Waals surface area contributed by atoms with Crippen molar-refractivity contribution in [3.63, 3.8) is 0 Å². The lowest BCUT2D eigenvalue weighted by atomic mass is 9.93. The molecule has 16 nitrogen and oxygen atoms in total. The number of hydrogen-bond donors (Lipinski definition) is 0. The van der Waals surface area contributed by atoms with E-state index in [1.807, 2.05) is 60.7 Å². The first-order valence-corrected chi connectivity index (χ1v) is 18.0. The predicted molar refractivity (Wildman–Crippen MR) is 189 cm³/mol. The van der Waals surface area contributed by atoms with Gasteiger partial charge in [0.1, 0.15) is 30.5 Å². The highest BCUT2D eigenvalue weighted by molar-refractivity contribution is 5.68. The summed E-state index contributed by atoms with van der Waals surface area (Å²) in [6.07, 6.45) is -10.9. The maximum absolute atomic E-state index is 12.4. The number of rotatable bonds is 16. The van der Waals surface area contributed by atoms with Crippen LogP contribution in [0.1, 0.15) is 45.7 Å². The van der Waals surface area contributed by atoms with Crippen LogP contribution in [-0.4, -0.2) is 125 Å². The molecule has 0 radical (unpaired) electrons. The number of carbonyl (C=O) groups excluding carboxylic acids is 3. The Morgan fingerprint density at radius 1 is 0.582 bits per heavy atom. The lowest BCUT2D eigenvalue weighted by molar-refractivity contribution is -0.482. The Labute approximate surface area is 320 Å². The van der Waals surface area contributed by atoms with Crippen molar-refractivity contribution in [3.8, 4) is 0 Å². The summed E-state index contributed by atoms with van der Waals surface area (Å²) in [6, 6.07) is 19.2. The van der Waals surface area contributed by atoms with Crippen LogP contribution in [0.5, 0.6) is 0 Å². The zero-order valence-corrected chi connectivity index (χ0v) is 32.4. The van der Waals surface area contributed by atoms with Gasteiger partial charge >= 0.3 is 17.9 Å². The Bertz CT molecular complexity index is 1540. The van der Waals surface area contributed by atoms with Crippen LogP contribution in [0.4, 0.5) is 0 Å². The molecule has 16 heteroatoms. The van der Waals surface area contributed by atoms with Gasteiger partial charge in [-0.15, -0.1) is 0 Å². The van der Waals surface area contributed by atoms with Crippen molar-refractivity contribution in [2.24, 2.45) is 0 Å². The molecule has 55 heavy (non-hydrogen) atoms. The molecule has 5 rings (SSSR count). The molecule has 0 N–H and O–H groups in total. The van der Waals surface area contributed by atoms with Crippen LogP contribution in [0.15, 0.2) is 60.7 Å². The molecule has 0 amide bonds. The first-order chi connectivity index (χ1) is 26.3. The fraction of sp³-hybridized carbons (Fsp3) is 0.615. The molecule has 0 saturated carbocycles. The Hall–Kier alpha value is -3.55. The molecular weight excluding hydrogens is 724 g/mol. The van der Waals surface area contributed by atoms with E-state index in [1.54, 1.807) is 13.8 Å². The van der Waals surface area contributed by atoms with Gasteiger partial charge in [0.05, 0.1) is 26.4 Å². The molecule has 0 bridgehead atoms. The van der Waals surface area contributed by atoms with Gasteiger partial charge in [-0.25, -0.2) is 0 Å². The monoisotopic (exact) mass is 776 g/mol. The van der Waals surface area contributed by atoms with Crippen molar-refractivity contribution in [3.05, 3.63) is 71.8 Å². The highest BCUT2D eigenvalue weighted by Gasteiger charge is 2.63. The SMILES string of the molecule is CO[C@H]1O[C@H](CO[C@H]2O[C@H](COCc3ccccc3)[C@H]3OC(C)(OC)C(C)(OC)O[C@@H]3[C@@H]2OCc2ccccc2)[C@@H](OC(C)=O)[C@H](OC(C)=O)[C@H]1OC(C)=O. The van der Waals surface area contributed by atoms with Crippen LogP contribution in [0.25, 0.3) is 0 Å². The molecule has 2 unspecified atom stereocenters. The molecule has 3 heterocycles. The summed E-state index contributed by atoms with van der Waals surface area (Å²) in [5, 5.41) is 0. The largest absolute Gasteiger partial charge is 0.456 e. The number of hydrogen-bond acceptors (Lipinski definition) is 16. The third-order valence-corrected chi connectivity index (χ3v) is 9.75. The molecule has 0 spiro atoms. The standard InChI is InChI=1S/C39H52O16/c1-23(40)49-30-29(52-36(43-6)35(51-25(3)42)32(30)50-24(2)41)22-48-37-34(47-20-27-17-13-10-14-18-27)33-31(54-38(4,44-7)39(5,45-8)55-33)28(53-37)21-46-19-26-15-11-9-12-16-26/h9-18,28-37H,19-22H2,1-8H3/t28-,29-,30-,31-,32+,33+,34+,35-,36+,37+,38?,39?/m1/s1. The Morgan fingerprint density at radius 2 is 1.09 bits per heavy atom. The summed E-state index contributed by atoms with van der Waals surface area (Å²) in [5.74, 6) is -4.93. The molecule has 304 valence electrons. The van der Waals surface area contributed by atoms with E-state index in [4.69, 9.17) is 61.6 Å². The van der Waals surface area contributed by atoms with Gasteiger partial charge in [0, 0.05) is 42.1 Å². The third kappa shape index (κ3) is 10.3. The second-order valence-corrected chi connectivity index (χ2v) is 13.6. The first kappa shape index (κ1) is 42.6. The minimum Gasteiger partial charge on any atom is -0.456 e. The maximum Gasteiger partial charge on any atom is 0.303 e. The van der Waals surface area contributed by atoms with Crippen molar-refractivity contribution in [2.75, 3.05) is 34.5 Å². The molecule has 0 aliphatic carbocycles. The van der Waals surface area contributed by atoms with Crippen LogP contribution in [0.2, 0.25) is 0 Å². The van der Waals surface area contributed by atoms with Crippen LogP contribution in [0.3, 0.4) is 0 Å². The molecule has 0 aromatic heterocycles. The van der Waals surface area contributed by atoms with E-state index in [-0.39, 0.29) is 26.4 Å². The van der Waals surface area contributed by atoms with E-state index in [2.05, 4.69) is 0 Å². The average molecular weight is 777 g/mol. The summed E-state index contributed by atoms with van der Waals surface area (Å²) < 4.78 is 79.3. The molecule has 3 aliphatic heterocycles. The summed E-state index contributed by atoms with van der Waals surface area (Å²) in [6.45, 7) is 7.11. The summed E-state index contributed by atoms with van der Waals surface area (Å²) in [5.41, 5.74) is 1.82. The lowest BCUT2D eigenvalue weighted by Crippen LogP contribution is -2.73. The molecule has 3 saturated heterocycles. The van der Waals surface area contributed by atoms with Gasteiger partial charge in [-0.3, -0.25) is 14.4 Å². The van der Waals surface area contributed by atoms with Crippen molar-refractivity contribution in [1.29, 1.82) is 0 Å². The Kier molecular flexibility index (Phi) is 14.8. The van der Waals surface area contributed by atoms with Crippen LogP contribution >= 0.6 is 0 Å². The fourth-order valence-corrected chi connectivity index (χ4v) is 6.80. The second kappa shape index (κ2) is 19.1. The third-order valence-electron chi connectivity index (χ3n) is 9.75. The van der Waals surface area contributed by atoms with Crippen molar-refractivity contribution >= 4 is 17.9 Å². The maximum atomic E-state index is 12.4. The zero-order valence-electron chi connectivity index (χ0n) is 32.4. The van der Waals surface area contributed by atoms with E-state index in [1.165, 1.54) is 42.1 Å². The van der Waals surface area contributed by atoms with Crippen molar-refractivity contribution in [1.82, 2.24) is 0 Å².